The smallest absolute Gasteiger partial charge is 0.265 e. The van der Waals surface area contributed by atoms with E-state index in [-0.39, 0.29) is 5.91 Å². The Morgan fingerprint density at radius 1 is 1.50 bits per heavy atom. The fourth-order valence-corrected chi connectivity index (χ4v) is 1.94. The molecule has 2 rings (SSSR count). The van der Waals surface area contributed by atoms with Crippen LogP contribution in [0.15, 0.2) is 18.2 Å². The summed E-state index contributed by atoms with van der Waals surface area (Å²) in [5.41, 5.74) is 8.89. The van der Waals surface area contributed by atoms with Gasteiger partial charge in [-0.25, -0.2) is 10.8 Å². The minimum absolute atomic E-state index is 0.320. The summed E-state index contributed by atoms with van der Waals surface area (Å²) in [6.45, 7) is 0. The number of nitrogens with one attached hydrogen (secondary N) is 1. The number of thiazole rings is 1. The molecule has 0 unspecified atom stereocenters. The standard InChI is InChI=1S/C8H8N4OS/c9-8-11-5-2-1-4(7(13)12-10)3-6(5)14-8/h1-3H,10H2,(H2,9,11)(H,12,13). The summed E-state index contributed by atoms with van der Waals surface area (Å²) in [5, 5.41) is 0.491. The van der Waals surface area contributed by atoms with Crippen molar-refractivity contribution < 1.29 is 4.79 Å². The van der Waals surface area contributed by atoms with Crippen LogP contribution < -0.4 is 17.0 Å². The molecule has 0 saturated carbocycles. The summed E-state index contributed by atoms with van der Waals surface area (Å²) in [7, 11) is 0. The lowest BCUT2D eigenvalue weighted by Gasteiger charge is -1.97. The SMILES string of the molecule is NNC(=O)c1ccc2nc(N)sc2c1. The van der Waals surface area contributed by atoms with E-state index in [1.54, 1.807) is 18.2 Å². The topological polar surface area (TPSA) is 94.0 Å². The van der Waals surface area contributed by atoms with E-state index in [1.165, 1.54) is 11.3 Å². The lowest BCUT2D eigenvalue weighted by molar-refractivity contribution is 0.0954. The fourth-order valence-electron chi connectivity index (χ4n) is 1.17. The number of nitrogens with zero attached hydrogens (tertiary/aromatic N) is 1. The summed E-state index contributed by atoms with van der Waals surface area (Å²) >= 11 is 1.34. The van der Waals surface area contributed by atoms with Crippen LogP contribution >= 0.6 is 11.3 Å². The van der Waals surface area contributed by atoms with Crippen molar-refractivity contribution in [1.82, 2.24) is 10.4 Å². The molecule has 5 nitrogen and oxygen atoms in total. The summed E-state index contributed by atoms with van der Waals surface area (Å²) in [5.74, 6) is 4.70. The van der Waals surface area contributed by atoms with E-state index in [0.717, 1.165) is 10.2 Å². The van der Waals surface area contributed by atoms with E-state index in [9.17, 15) is 4.79 Å². The van der Waals surface area contributed by atoms with Crippen molar-refractivity contribution in [2.45, 2.75) is 0 Å². The van der Waals surface area contributed by atoms with Crippen molar-refractivity contribution in [2.24, 2.45) is 5.84 Å². The van der Waals surface area contributed by atoms with Crippen molar-refractivity contribution in [3.63, 3.8) is 0 Å². The van der Waals surface area contributed by atoms with E-state index >= 15 is 0 Å². The average molecular weight is 208 g/mol. The summed E-state index contributed by atoms with van der Waals surface area (Å²) in [4.78, 5) is 15.3. The Labute approximate surface area is 83.7 Å². The van der Waals surface area contributed by atoms with Gasteiger partial charge in [0.05, 0.1) is 10.2 Å². The summed E-state index contributed by atoms with van der Waals surface area (Å²) < 4.78 is 0.878. The molecule has 0 aliphatic heterocycles. The van der Waals surface area contributed by atoms with Gasteiger partial charge in [-0.05, 0) is 18.2 Å². The second kappa shape index (κ2) is 3.24. The van der Waals surface area contributed by atoms with Crippen LogP contribution in [-0.2, 0) is 0 Å². The van der Waals surface area contributed by atoms with Crippen LogP contribution in [0.3, 0.4) is 0 Å². The Bertz CT molecular complexity index is 493. The Morgan fingerprint density at radius 2 is 2.29 bits per heavy atom. The van der Waals surface area contributed by atoms with Gasteiger partial charge in [0.1, 0.15) is 0 Å². The molecule has 0 aliphatic rings. The first-order valence-corrected chi connectivity index (χ1v) is 4.69. The molecule has 0 radical (unpaired) electrons. The van der Waals surface area contributed by atoms with Crippen LogP contribution in [0, 0.1) is 0 Å². The van der Waals surface area contributed by atoms with E-state index in [2.05, 4.69) is 10.4 Å². The molecule has 0 saturated heterocycles. The van der Waals surface area contributed by atoms with Gasteiger partial charge in [0.15, 0.2) is 5.13 Å². The van der Waals surface area contributed by atoms with Crippen LogP contribution in [0.4, 0.5) is 5.13 Å². The third-order valence-electron chi connectivity index (χ3n) is 1.80. The fraction of sp³-hybridized carbons (Fsp3) is 0. The maximum atomic E-state index is 11.2. The number of hydrogen-bond acceptors (Lipinski definition) is 5. The number of nitrogens with two attached hydrogens (primary N) is 2. The highest BCUT2D eigenvalue weighted by Crippen LogP contribution is 2.24. The van der Waals surface area contributed by atoms with Crippen LogP contribution in [-0.4, -0.2) is 10.9 Å². The first-order chi connectivity index (χ1) is 6.70. The van der Waals surface area contributed by atoms with Crippen molar-refractivity contribution >= 4 is 32.6 Å². The van der Waals surface area contributed by atoms with Crippen LogP contribution in [0.5, 0.6) is 0 Å². The maximum Gasteiger partial charge on any atom is 0.265 e. The van der Waals surface area contributed by atoms with Gasteiger partial charge >= 0.3 is 0 Å². The quantitative estimate of drug-likeness (QED) is 0.361. The molecule has 2 aromatic rings. The number of aromatic nitrogens is 1. The molecular formula is C8H8N4OS. The van der Waals surface area contributed by atoms with Gasteiger partial charge in [-0.1, -0.05) is 11.3 Å². The Morgan fingerprint density at radius 3 is 3.00 bits per heavy atom. The second-order valence-corrected chi connectivity index (χ2v) is 3.77. The molecule has 6 heteroatoms. The largest absolute Gasteiger partial charge is 0.375 e. The predicted octanol–water partition coefficient (Wildman–Crippen LogP) is 0.482. The van der Waals surface area contributed by atoms with Crippen molar-refractivity contribution in [2.75, 3.05) is 5.73 Å². The minimum atomic E-state index is -0.320. The summed E-state index contributed by atoms with van der Waals surface area (Å²) in [6, 6.07) is 5.11. The average Bonchev–Trinajstić information content (AvgIpc) is 2.55. The number of hydrazine groups is 1. The van der Waals surface area contributed by atoms with E-state index in [1.807, 2.05) is 0 Å². The van der Waals surface area contributed by atoms with E-state index in [4.69, 9.17) is 11.6 Å². The number of nitrogen functional groups attached to an aromatic ring is 2. The van der Waals surface area contributed by atoms with Crippen molar-refractivity contribution in [1.29, 1.82) is 0 Å². The number of hydrogen-bond donors (Lipinski definition) is 3. The zero-order valence-corrected chi connectivity index (χ0v) is 7.97. The number of anilines is 1. The van der Waals surface area contributed by atoms with Crippen LogP contribution in [0.25, 0.3) is 10.2 Å². The molecule has 0 bridgehead atoms. The third-order valence-corrected chi connectivity index (χ3v) is 2.65. The molecule has 1 heterocycles. The molecule has 0 spiro atoms. The molecule has 0 aliphatic carbocycles. The Kier molecular flexibility index (Phi) is 2.06. The number of rotatable bonds is 1. The van der Waals surface area contributed by atoms with Crippen LogP contribution in [0.2, 0.25) is 0 Å². The normalized spacial score (nSPS) is 10.4. The van der Waals surface area contributed by atoms with Gasteiger partial charge in [-0.2, -0.15) is 0 Å². The molecule has 1 aromatic heterocycles. The van der Waals surface area contributed by atoms with Gasteiger partial charge in [0.2, 0.25) is 0 Å². The molecule has 1 amide bonds. The molecule has 1 aromatic carbocycles. The monoisotopic (exact) mass is 208 g/mol. The zero-order valence-electron chi connectivity index (χ0n) is 7.15. The number of carbonyl (C=O) groups is 1. The molecule has 0 fully saturated rings. The highest BCUT2D eigenvalue weighted by Gasteiger charge is 2.06. The van der Waals surface area contributed by atoms with E-state index < -0.39 is 0 Å². The minimum Gasteiger partial charge on any atom is -0.375 e. The predicted molar refractivity (Wildman–Crippen MR) is 55.7 cm³/mol. The molecule has 5 N–H and O–H groups in total. The maximum absolute atomic E-state index is 11.2. The molecular weight excluding hydrogens is 200 g/mol. The number of fused-ring (bicyclic) bond motifs is 1. The third kappa shape index (κ3) is 1.40. The van der Waals surface area contributed by atoms with Gasteiger partial charge in [-0.15, -0.1) is 0 Å². The number of amides is 1. The molecule has 14 heavy (non-hydrogen) atoms. The van der Waals surface area contributed by atoms with Crippen molar-refractivity contribution in [3.8, 4) is 0 Å². The first kappa shape index (κ1) is 8.92. The highest BCUT2D eigenvalue weighted by molar-refractivity contribution is 7.22. The number of benzene rings is 1. The molecule has 72 valence electrons. The second-order valence-electron chi connectivity index (χ2n) is 2.71. The van der Waals surface area contributed by atoms with Gasteiger partial charge in [0.25, 0.3) is 5.91 Å². The van der Waals surface area contributed by atoms with Gasteiger partial charge in [0, 0.05) is 5.56 Å². The summed E-state index contributed by atoms with van der Waals surface area (Å²) in [6.07, 6.45) is 0. The van der Waals surface area contributed by atoms with Crippen molar-refractivity contribution in [3.05, 3.63) is 23.8 Å². The number of carbonyl (C=O) groups excluding carboxylic acids is 1. The van der Waals surface area contributed by atoms with Gasteiger partial charge < -0.3 is 5.73 Å². The Balaban J connectivity index is 2.55. The zero-order chi connectivity index (χ0) is 10.1. The first-order valence-electron chi connectivity index (χ1n) is 3.87. The molecule has 0 atom stereocenters. The lowest BCUT2D eigenvalue weighted by atomic mass is 10.2. The van der Waals surface area contributed by atoms with Gasteiger partial charge in [-0.3, -0.25) is 10.2 Å². The lowest BCUT2D eigenvalue weighted by Crippen LogP contribution is -2.29. The Hall–Kier alpha value is -1.66. The van der Waals surface area contributed by atoms with Crippen LogP contribution in [0.1, 0.15) is 10.4 Å². The highest BCUT2D eigenvalue weighted by atomic mass is 32.1. The van der Waals surface area contributed by atoms with E-state index in [0.29, 0.717) is 10.7 Å².